The second kappa shape index (κ2) is 6.27. The fraction of sp³-hybridized carbons (Fsp3) is 0.636. The van der Waals surface area contributed by atoms with Crippen molar-refractivity contribution in [2.75, 3.05) is 19.6 Å². The average Bonchev–Trinajstić information content (AvgIpc) is 2.70. The maximum atomic E-state index is 12.0. The lowest BCUT2D eigenvalue weighted by molar-refractivity contribution is 0.0751. The van der Waals surface area contributed by atoms with Crippen molar-refractivity contribution in [2.45, 2.75) is 19.8 Å². The second-order valence-corrected chi connectivity index (χ2v) is 3.81. The van der Waals surface area contributed by atoms with Crippen LogP contribution in [0.3, 0.4) is 0 Å². The lowest BCUT2D eigenvalue weighted by atomic mass is 10.3. The van der Waals surface area contributed by atoms with Crippen molar-refractivity contribution in [3.63, 3.8) is 0 Å². The van der Waals surface area contributed by atoms with Crippen LogP contribution in [0.1, 0.15) is 30.3 Å². The number of hydrogen-bond donors (Lipinski definition) is 1. The Hall–Kier alpha value is -1.36. The van der Waals surface area contributed by atoms with E-state index in [-0.39, 0.29) is 5.91 Å². The molecular weight excluding hydrogens is 204 g/mol. The minimum atomic E-state index is -0.0282. The molecule has 5 nitrogen and oxygen atoms in total. The molecule has 0 unspecified atom stereocenters. The highest BCUT2D eigenvalue weighted by Crippen LogP contribution is 2.03. The second-order valence-electron chi connectivity index (χ2n) is 3.81. The Kier molecular flexibility index (Phi) is 4.98. The molecule has 0 aliphatic heterocycles. The first kappa shape index (κ1) is 12.7. The molecule has 0 fully saturated rings. The molecule has 0 aromatic carbocycles. The summed E-state index contributed by atoms with van der Waals surface area (Å²) in [5.41, 5.74) is 6.00. The van der Waals surface area contributed by atoms with Gasteiger partial charge in [-0.15, -0.1) is 0 Å². The third kappa shape index (κ3) is 3.34. The zero-order valence-electron chi connectivity index (χ0n) is 10.0. The van der Waals surface area contributed by atoms with Gasteiger partial charge in [-0.2, -0.15) is 5.10 Å². The Bertz CT molecular complexity index is 334. The van der Waals surface area contributed by atoms with E-state index < -0.39 is 0 Å². The molecule has 16 heavy (non-hydrogen) atoms. The summed E-state index contributed by atoms with van der Waals surface area (Å²) >= 11 is 0. The number of aromatic nitrogens is 2. The van der Waals surface area contributed by atoms with Crippen LogP contribution in [-0.2, 0) is 7.05 Å². The van der Waals surface area contributed by atoms with E-state index in [0.29, 0.717) is 18.8 Å². The number of unbranched alkanes of at least 4 members (excludes halogenated alkanes) is 1. The van der Waals surface area contributed by atoms with Crippen molar-refractivity contribution < 1.29 is 4.79 Å². The standard InChI is InChI=1S/C11H20N4O/c1-3-4-7-15(9-6-12)11(16)10-5-8-14(2)13-10/h5,8H,3-4,6-7,9,12H2,1-2H3. The number of hydrogen-bond acceptors (Lipinski definition) is 3. The number of nitrogens with two attached hydrogens (primary N) is 1. The van der Waals surface area contributed by atoms with Crippen LogP contribution in [0, 0.1) is 0 Å². The highest BCUT2D eigenvalue weighted by molar-refractivity contribution is 5.92. The Morgan fingerprint density at radius 1 is 1.56 bits per heavy atom. The lowest BCUT2D eigenvalue weighted by Gasteiger charge is -2.20. The largest absolute Gasteiger partial charge is 0.336 e. The Balaban J connectivity index is 2.66. The van der Waals surface area contributed by atoms with Gasteiger partial charge in [0.15, 0.2) is 0 Å². The van der Waals surface area contributed by atoms with Gasteiger partial charge in [-0.1, -0.05) is 13.3 Å². The van der Waals surface area contributed by atoms with E-state index in [1.807, 2.05) is 0 Å². The van der Waals surface area contributed by atoms with E-state index in [4.69, 9.17) is 5.73 Å². The molecule has 1 aromatic rings. The lowest BCUT2D eigenvalue weighted by Crippen LogP contribution is -2.36. The monoisotopic (exact) mass is 224 g/mol. The van der Waals surface area contributed by atoms with Gasteiger partial charge >= 0.3 is 0 Å². The summed E-state index contributed by atoms with van der Waals surface area (Å²) in [4.78, 5) is 13.8. The molecule has 5 heteroatoms. The zero-order chi connectivity index (χ0) is 12.0. The zero-order valence-corrected chi connectivity index (χ0v) is 10.0. The molecular formula is C11H20N4O. The summed E-state index contributed by atoms with van der Waals surface area (Å²) in [6.07, 6.45) is 3.84. The first-order valence-electron chi connectivity index (χ1n) is 5.68. The maximum Gasteiger partial charge on any atom is 0.274 e. The van der Waals surface area contributed by atoms with Gasteiger partial charge < -0.3 is 10.6 Å². The van der Waals surface area contributed by atoms with Gasteiger partial charge in [-0.05, 0) is 12.5 Å². The van der Waals surface area contributed by atoms with E-state index in [9.17, 15) is 4.79 Å². The van der Waals surface area contributed by atoms with Gasteiger partial charge in [-0.25, -0.2) is 0 Å². The molecule has 0 aliphatic carbocycles. The predicted octanol–water partition coefficient (Wildman–Crippen LogP) is 0.621. The Labute approximate surface area is 96.2 Å². The normalized spacial score (nSPS) is 10.4. The van der Waals surface area contributed by atoms with Gasteiger partial charge in [0.25, 0.3) is 5.91 Å². The molecule has 1 amide bonds. The summed E-state index contributed by atoms with van der Waals surface area (Å²) in [5.74, 6) is -0.0282. The number of aryl methyl sites for hydroxylation is 1. The summed E-state index contributed by atoms with van der Waals surface area (Å²) in [6, 6.07) is 1.73. The van der Waals surface area contributed by atoms with Crippen LogP contribution in [0.15, 0.2) is 12.3 Å². The third-order valence-corrected chi connectivity index (χ3v) is 2.40. The molecule has 90 valence electrons. The van der Waals surface area contributed by atoms with Gasteiger partial charge in [0.2, 0.25) is 0 Å². The maximum absolute atomic E-state index is 12.0. The molecule has 0 spiro atoms. The van der Waals surface area contributed by atoms with Crippen LogP contribution in [-0.4, -0.2) is 40.2 Å². The highest BCUT2D eigenvalue weighted by atomic mass is 16.2. The van der Waals surface area contributed by atoms with Crippen LogP contribution in [0.25, 0.3) is 0 Å². The number of rotatable bonds is 6. The first-order valence-corrected chi connectivity index (χ1v) is 5.68. The van der Waals surface area contributed by atoms with Crippen molar-refractivity contribution in [2.24, 2.45) is 12.8 Å². The van der Waals surface area contributed by atoms with Gasteiger partial charge in [0, 0.05) is 32.9 Å². The van der Waals surface area contributed by atoms with Crippen LogP contribution in [0.4, 0.5) is 0 Å². The number of amides is 1. The van der Waals surface area contributed by atoms with E-state index in [0.717, 1.165) is 19.4 Å². The predicted molar refractivity (Wildman–Crippen MR) is 63.1 cm³/mol. The van der Waals surface area contributed by atoms with E-state index in [1.54, 1.807) is 28.9 Å². The molecule has 1 aromatic heterocycles. The summed E-state index contributed by atoms with van der Waals surface area (Å²) < 4.78 is 1.63. The Morgan fingerprint density at radius 3 is 2.81 bits per heavy atom. The quantitative estimate of drug-likeness (QED) is 0.770. The fourth-order valence-corrected chi connectivity index (χ4v) is 1.51. The van der Waals surface area contributed by atoms with Gasteiger partial charge in [-0.3, -0.25) is 9.48 Å². The molecule has 0 atom stereocenters. The van der Waals surface area contributed by atoms with Gasteiger partial charge in [0.05, 0.1) is 0 Å². The minimum Gasteiger partial charge on any atom is -0.336 e. The van der Waals surface area contributed by atoms with Crippen LogP contribution in [0.5, 0.6) is 0 Å². The first-order chi connectivity index (χ1) is 7.69. The Morgan fingerprint density at radius 2 is 2.31 bits per heavy atom. The molecule has 0 saturated carbocycles. The van der Waals surface area contributed by atoms with Crippen molar-refractivity contribution in [3.05, 3.63) is 18.0 Å². The summed E-state index contributed by atoms with van der Waals surface area (Å²) in [7, 11) is 1.80. The van der Waals surface area contributed by atoms with Crippen molar-refractivity contribution in [1.29, 1.82) is 0 Å². The fourth-order valence-electron chi connectivity index (χ4n) is 1.51. The molecule has 0 radical (unpaired) electrons. The molecule has 2 N–H and O–H groups in total. The van der Waals surface area contributed by atoms with E-state index in [2.05, 4.69) is 12.0 Å². The molecule has 0 bridgehead atoms. The molecule has 1 heterocycles. The van der Waals surface area contributed by atoms with Crippen LogP contribution < -0.4 is 5.73 Å². The van der Waals surface area contributed by atoms with Crippen LogP contribution in [0.2, 0.25) is 0 Å². The van der Waals surface area contributed by atoms with Crippen molar-refractivity contribution >= 4 is 5.91 Å². The molecule has 0 aliphatic rings. The number of carbonyl (C=O) groups is 1. The van der Waals surface area contributed by atoms with Crippen LogP contribution >= 0.6 is 0 Å². The number of nitrogens with zero attached hydrogens (tertiary/aromatic N) is 3. The number of carbonyl (C=O) groups excluding carboxylic acids is 1. The van der Waals surface area contributed by atoms with E-state index >= 15 is 0 Å². The van der Waals surface area contributed by atoms with Crippen molar-refractivity contribution in [1.82, 2.24) is 14.7 Å². The summed E-state index contributed by atoms with van der Waals surface area (Å²) in [5, 5.41) is 4.11. The topological polar surface area (TPSA) is 64.2 Å². The third-order valence-electron chi connectivity index (χ3n) is 2.40. The molecule has 1 rings (SSSR count). The average molecular weight is 224 g/mol. The van der Waals surface area contributed by atoms with Crippen molar-refractivity contribution in [3.8, 4) is 0 Å². The highest BCUT2D eigenvalue weighted by Gasteiger charge is 2.16. The van der Waals surface area contributed by atoms with Gasteiger partial charge in [0.1, 0.15) is 5.69 Å². The molecule has 0 saturated heterocycles. The smallest absolute Gasteiger partial charge is 0.274 e. The van der Waals surface area contributed by atoms with E-state index in [1.165, 1.54) is 0 Å². The minimum absolute atomic E-state index is 0.0282. The summed E-state index contributed by atoms with van der Waals surface area (Å²) in [6.45, 7) is 3.94. The SMILES string of the molecule is CCCCN(CCN)C(=O)c1ccn(C)n1.